The quantitative estimate of drug-likeness (QED) is 0.642. The topological polar surface area (TPSA) is 17.8 Å². The highest BCUT2D eigenvalue weighted by Crippen LogP contribution is 1.92. The van der Waals surface area contributed by atoms with Crippen LogP contribution in [0.3, 0.4) is 0 Å². The van der Waals surface area contributed by atoms with Crippen LogP contribution in [-0.2, 0) is 7.05 Å². The maximum Gasteiger partial charge on any atom is 0.0489 e. The molecule has 0 aliphatic rings. The van der Waals surface area contributed by atoms with Gasteiger partial charge in [-0.2, -0.15) is 5.10 Å². The van der Waals surface area contributed by atoms with Crippen molar-refractivity contribution < 1.29 is 0 Å². The van der Waals surface area contributed by atoms with Gasteiger partial charge in [-0.25, -0.2) is 0 Å². The van der Waals surface area contributed by atoms with Crippen molar-refractivity contribution in [1.82, 2.24) is 9.78 Å². The van der Waals surface area contributed by atoms with Gasteiger partial charge in [0.1, 0.15) is 0 Å². The van der Waals surface area contributed by atoms with Crippen LogP contribution in [0.4, 0.5) is 0 Å². The second-order valence-corrected chi connectivity index (χ2v) is 2.83. The highest BCUT2D eigenvalue weighted by molar-refractivity contribution is 5.11. The van der Waals surface area contributed by atoms with Gasteiger partial charge in [-0.05, 0) is 13.0 Å². The first-order valence-corrected chi connectivity index (χ1v) is 5.24. The third kappa shape index (κ3) is 7.50. The molecule has 0 bridgehead atoms. The van der Waals surface area contributed by atoms with E-state index in [1.807, 2.05) is 51.4 Å². The highest BCUT2D eigenvalue weighted by Gasteiger charge is 1.72. The normalized spacial score (nSPS) is 8.00. The summed E-state index contributed by atoms with van der Waals surface area (Å²) in [5.74, 6) is 0. The summed E-state index contributed by atoms with van der Waals surface area (Å²) in [6.07, 6.45) is 3.64. The molecule has 0 aliphatic carbocycles. The number of hydrogen-bond acceptors (Lipinski definition) is 1. The van der Waals surface area contributed by atoms with Gasteiger partial charge >= 0.3 is 0 Å². The summed E-state index contributed by atoms with van der Waals surface area (Å²) in [6.45, 7) is 6.08. The van der Waals surface area contributed by atoms with Crippen LogP contribution in [0.2, 0.25) is 0 Å². The molecule has 0 aliphatic heterocycles. The number of aryl methyl sites for hydroxylation is 2. The van der Waals surface area contributed by atoms with E-state index in [-0.39, 0.29) is 0 Å². The van der Waals surface area contributed by atoms with Crippen molar-refractivity contribution in [3.8, 4) is 0 Å². The van der Waals surface area contributed by atoms with E-state index in [2.05, 4.69) is 24.2 Å². The Bertz CT molecular complexity index is 312. The third-order valence-corrected chi connectivity index (χ3v) is 1.58. The lowest BCUT2D eigenvalue weighted by molar-refractivity contribution is 0.768. The molecule has 0 radical (unpaired) electrons. The van der Waals surface area contributed by atoms with Gasteiger partial charge in [0.05, 0.1) is 0 Å². The molecule has 0 saturated carbocycles. The van der Waals surface area contributed by atoms with Crippen molar-refractivity contribution in [2.75, 3.05) is 0 Å². The summed E-state index contributed by atoms with van der Waals surface area (Å²) in [5.41, 5.74) is 1.32. The Hall–Kier alpha value is -1.57. The average molecular weight is 204 g/mol. The van der Waals surface area contributed by atoms with Gasteiger partial charge in [-0.15, -0.1) is 0 Å². The van der Waals surface area contributed by atoms with E-state index in [9.17, 15) is 0 Å². The van der Waals surface area contributed by atoms with Crippen LogP contribution in [0.15, 0.2) is 48.8 Å². The lowest BCUT2D eigenvalue weighted by atomic mass is 10.2. The van der Waals surface area contributed by atoms with Crippen LogP contribution in [-0.4, -0.2) is 9.78 Å². The summed E-state index contributed by atoms with van der Waals surface area (Å²) in [7, 11) is 1.89. The molecule has 15 heavy (non-hydrogen) atoms. The fourth-order valence-electron chi connectivity index (χ4n) is 0.880. The van der Waals surface area contributed by atoms with Gasteiger partial charge in [0, 0.05) is 19.4 Å². The fraction of sp³-hybridized carbons (Fsp3) is 0.308. The Kier molecular flexibility index (Phi) is 8.06. The Morgan fingerprint density at radius 3 is 1.80 bits per heavy atom. The number of aromatic nitrogens is 2. The van der Waals surface area contributed by atoms with Crippen LogP contribution in [0.1, 0.15) is 19.4 Å². The van der Waals surface area contributed by atoms with Crippen LogP contribution < -0.4 is 0 Å². The molecule has 0 amide bonds. The first-order chi connectivity index (χ1) is 7.29. The van der Waals surface area contributed by atoms with E-state index in [4.69, 9.17) is 0 Å². The minimum Gasteiger partial charge on any atom is -0.276 e. The fourth-order valence-corrected chi connectivity index (χ4v) is 0.880. The lowest BCUT2D eigenvalue weighted by Crippen LogP contribution is -1.83. The molecule has 0 spiro atoms. The second kappa shape index (κ2) is 9.00. The predicted octanol–water partition coefficient (Wildman–Crippen LogP) is 3.44. The summed E-state index contributed by atoms with van der Waals surface area (Å²) in [4.78, 5) is 0. The summed E-state index contributed by atoms with van der Waals surface area (Å²) >= 11 is 0. The second-order valence-electron chi connectivity index (χ2n) is 2.83. The molecule has 1 aromatic carbocycles. The zero-order valence-corrected chi connectivity index (χ0v) is 10.0. The van der Waals surface area contributed by atoms with E-state index in [0.29, 0.717) is 0 Å². The maximum atomic E-state index is 3.83. The van der Waals surface area contributed by atoms with Crippen molar-refractivity contribution in [2.24, 2.45) is 7.05 Å². The largest absolute Gasteiger partial charge is 0.276 e. The number of benzene rings is 1. The molecule has 0 fully saturated rings. The smallest absolute Gasteiger partial charge is 0.0489 e. The minimum absolute atomic E-state index is 1.32. The zero-order valence-electron chi connectivity index (χ0n) is 10.0. The summed E-state index contributed by atoms with van der Waals surface area (Å²) < 4.78 is 1.75. The average Bonchev–Trinajstić information content (AvgIpc) is 2.74. The number of hydrogen-bond donors (Lipinski definition) is 0. The van der Waals surface area contributed by atoms with Gasteiger partial charge < -0.3 is 0 Å². The Morgan fingerprint density at radius 1 is 1.00 bits per heavy atom. The monoisotopic (exact) mass is 204 g/mol. The lowest BCUT2D eigenvalue weighted by Gasteiger charge is -1.82. The summed E-state index contributed by atoms with van der Waals surface area (Å²) in [6, 6.07) is 12.2. The first-order valence-electron chi connectivity index (χ1n) is 5.24. The molecule has 1 aromatic heterocycles. The van der Waals surface area contributed by atoms with Gasteiger partial charge in [-0.1, -0.05) is 49.7 Å². The molecule has 2 aromatic rings. The molecule has 0 saturated heterocycles. The Labute approximate surface area is 92.6 Å². The highest BCUT2D eigenvalue weighted by atomic mass is 15.2. The van der Waals surface area contributed by atoms with E-state index in [1.54, 1.807) is 10.9 Å². The standard InChI is InChI=1S/C7H8.C4H6N2.C2H6/c1-7-5-3-2-4-6-7;1-6-4-2-3-5-6;1-2/h2-6H,1H3;2-4H,1H3;1-2H3. The van der Waals surface area contributed by atoms with Gasteiger partial charge in [-0.3, -0.25) is 4.68 Å². The van der Waals surface area contributed by atoms with Crippen LogP contribution in [0.5, 0.6) is 0 Å². The number of rotatable bonds is 0. The molecule has 2 nitrogen and oxygen atoms in total. The van der Waals surface area contributed by atoms with Crippen molar-refractivity contribution >= 4 is 0 Å². The van der Waals surface area contributed by atoms with Gasteiger partial charge in [0.15, 0.2) is 0 Å². The van der Waals surface area contributed by atoms with E-state index in [1.165, 1.54) is 5.56 Å². The molecular weight excluding hydrogens is 184 g/mol. The molecule has 0 atom stereocenters. The van der Waals surface area contributed by atoms with Crippen molar-refractivity contribution in [3.05, 3.63) is 54.4 Å². The summed E-state index contributed by atoms with van der Waals surface area (Å²) in [5, 5.41) is 3.83. The van der Waals surface area contributed by atoms with E-state index >= 15 is 0 Å². The Balaban J connectivity index is 0.000000227. The van der Waals surface area contributed by atoms with Crippen molar-refractivity contribution in [1.29, 1.82) is 0 Å². The van der Waals surface area contributed by atoms with E-state index < -0.39 is 0 Å². The number of nitrogens with zero attached hydrogens (tertiary/aromatic N) is 2. The third-order valence-electron chi connectivity index (χ3n) is 1.58. The van der Waals surface area contributed by atoms with Crippen molar-refractivity contribution in [3.63, 3.8) is 0 Å². The molecule has 2 heteroatoms. The first kappa shape index (κ1) is 13.4. The Morgan fingerprint density at radius 2 is 1.60 bits per heavy atom. The van der Waals surface area contributed by atoms with Gasteiger partial charge in [0.2, 0.25) is 0 Å². The van der Waals surface area contributed by atoms with E-state index in [0.717, 1.165) is 0 Å². The SMILES string of the molecule is CC.Cc1ccccc1.Cn1cccn1. The minimum atomic E-state index is 1.32. The maximum absolute atomic E-state index is 3.83. The molecule has 1 heterocycles. The molecular formula is C13H20N2. The molecule has 82 valence electrons. The zero-order chi connectivity index (χ0) is 11.5. The van der Waals surface area contributed by atoms with Gasteiger partial charge in [0.25, 0.3) is 0 Å². The van der Waals surface area contributed by atoms with Crippen LogP contribution in [0.25, 0.3) is 0 Å². The molecule has 0 unspecified atom stereocenters. The van der Waals surface area contributed by atoms with Crippen LogP contribution >= 0.6 is 0 Å². The van der Waals surface area contributed by atoms with Crippen LogP contribution in [0, 0.1) is 6.92 Å². The molecule has 2 rings (SSSR count). The molecule has 0 N–H and O–H groups in total. The predicted molar refractivity (Wildman–Crippen MR) is 65.7 cm³/mol. The van der Waals surface area contributed by atoms with Crippen molar-refractivity contribution in [2.45, 2.75) is 20.8 Å².